The zero-order valence-corrected chi connectivity index (χ0v) is 9.54. The number of nitrogens with zero attached hydrogens (tertiary/aromatic N) is 2. The van der Waals surface area contributed by atoms with Crippen LogP contribution in [0.1, 0.15) is 5.56 Å². The molecule has 1 aliphatic heterocycles. The summed E-state index contributed by atoms with van der Waals surface area (Å²) in [5.41, 5.74) is 0.933. The second-order valence-electron chi connectivity index (χ2n) is 4.13. The molecule has 1 atom stereocenters. The summed E-state index contributed by atoms with van der Waals surface area (Å²) < 4.78 is 0. The molecule has 1 heterocycles. The van der Waals surface area contributed by atoms with Crippen LogP contribution in [0.4, 0.5) is 4.79 Å². The number of aliphatic carboxylic acids is 1. The van der Waals surface area contributed by atoms with Crippen LogP contribution in [0, 0.1) is 0 Å². The summed E-state index contributed by atoms with van der Waals surface area (Å²) in [4.78, 5) is 25.7. The third-order valence-corrected chi connectivity index (χ3v) is 2.88. The number of rotatable bonds is 3. The molecule has 1 aliphatic rings. The van der Waals surface area contributed by atoms with Gasteiger partial charge in [0.15, 0.2) is 0 Å². The lowest BCUT2D eigenvalue weighted by Gasteiger charge is -2.20. The molecule has 0 spiro atoms. The van der Waals surface area contributed by atoms with Crippen molar-refractivity contribution in [3.8, 4) is 0 Å². The van der Waals surface area contributed by atoms with Crippen molar-refractivity contribution < 1.29 is 14.7 Å². The van der Waals surface area contributed by atoms with Crippen molar-refractivity contribution in [2.75, 3.05) is 13.6 Å². The van der Waals surface area contributed by atoms with E-state index in [0.29, 0.717) is 6.54 Å². The SMILES string of the molecule is CN1CC(C(=O)O)N(Cc2ccccc2)C1=O. The second kappa shape index (κ2) is 4.45. The zero-order valence-electron chi connectivity index (χ0n) is 9.54. The first-order valence-corrected chi connectivity index (χ1v) is 5.38. The fourth-order valence-electron chi connectivity index (χ4n) is 1.96. The topological polar surface area (TPSA) is 60.9 Å². The molecule has 17 heavy (non-hydrogen) atoms. The molecular weight excluding hydrogens is 220 g/mol. The average molecular weight is 234 g/mol. The van der Waals surface area contributed by atoms with Gasteiger partial charge < -0.3 is 14.9 Å². The molecule has 0 aromatic heterocycles. The number of hydrogen-bond donors (Lipinski definition) is 1. The molecule has 2 rings (SSSR count). The quantitative estimate of drug-likeness (QED) is 0.849. The maximum Gasteiger partial charge on any atom is 0.328 e. The Morgan fingerprint density at radius 2 is 2.06 bits per heavy atom. The summed E-state index contributed by atoms with van der Waals surface area (Å²) in [5.74, 6) is -0.960. The Balaban J connectivity index is 2.18. The minimum Gasteiger partial charge on any atom is -0.480 e. The highest BCUT2D eigenvalue weighted by molar-refractivity contribution is 5.86. The fraction of sp³-hybridized carbons (Fsp3) is 0.333. The van der Waals surface area contributed by atoms with E-state index >= 15 is 0 Å². The Bertz CT molecular complexity index is 433. The van der Waals surface area contributed by atoms with Crippen molar-refractivity contribution >= 4 is 12.0 Å². The van der Waals surface area contributed by atoms with Crippen LogP contribution in [-0.2, 0) is 11.3 Å². The van der Waals surface area contributed by atoms with Crippen molar-refractivity contribution in [3.63, 3.8) is 0 Å². The highest BCUT2D eigenvalue weighted by atomic mass is 16.4. The highest BCUT2D eigenvalue weighted by Gasteiger charge is 2.39. The largest absolute Gasteiger partial charge is 0.480 e. The maximum absolute atomic E-state index is 11.8. The van der Waals surface area contributed by atoms with Gasteiger partial charge in [-0.2, -0.15) is 0 Å². The summed E-state index contributed by atoms with van der Waals surface area (Å²) in [6.45, 7) is 0.571. The Labute approximate surface area is 99.3 Å². The van der Waals surface area contributed by atoms with Gasteiger partial charge in [0.25, 0.3) is 0 Å². The lowest BCUT2D eigenvalue weighted by molar-refractivity contribution is -0.141. The van der Waals surface area contributed by atoms with E-state index in [1.54, 1.807) is 7.05 Å². The van der Waals surface area contributed by atoms with Crippen LogP contribution in [0.15, 0.2) is 30.3 Å². The molecule has 2 amide bonds. The highest BCUT2D eigenvalue weighted by Crippen LogP contribution is 2.18. The van der Waals surface area contributed by atoms with Gasteiger partial charge >= 0.3 is 12.0 Å². The fourth-order valence-corrected chi connectivity index (χ4v) is 1.96. The summed E-state index contributed by atoms with van der Waals surface area (Å²) >= 11 is 0. The van der Waals surface area contributed by atoms with Crippen molar-refractivity contribution in [1.29, 1.82) is 0 Å². The van der Waals surface area contributed by atoms with Gasteiger partial charge in [-0.15, -0.1) is 0 Å². The predicted molar refractivity (Wildman–Crippen MR) is 61.4 cm³/mol. The van der Waals surface area contributed by atoms with E-state index in [9.17, 15) is 9.59 Å². The summed E-state index contributed by atoms with van der Waals surface area (Å²) in [6, 6.07) is 8.39. The Kier molecular flexibility index (Phi) is 2.99. The van der Waals surface area contributed by atoms with Gasteiger partial charge in [0.2, 0.25) is 0 Å². The van der Waals surface area contributed by atoms with E-state index in [4.69, 9.17) is 5.11 Å². The molecule has 1 unspecified atom stereocenters. The van der Waals surface area contributed by atoms with Gasteiger partial charge in [-0.25, -0.2) is 9.59 Å². The first-order valence-electron chi connectivity index (χ1n) is 5.38. The standard InChI is InChI=1S/C12H14N2O3/c1-13-8-10(11(15)16)14(12(13)17)7-9-5-3-2-4-6-9/h2-6,10H,7-8H2,1H3,(H,15,16). The van der Waals surface area contributed by atoms with Crippen molar-refractivity contribution in [1.82, 2.24) is 9.80 Å². The van der Waals surface area contributed by atoms with Crippen LogP contribution in [0.25, 0.3) is 0 Å². The van der Waals surface area contributed by atoms with E-state index in [1.165, 1.54) is 9.80 Å². The number of likely N-dealkylation sites (N-methyl/N-ethyl adjacent to an activating group) is 1. The van der Waals surface area contributed by atoms with Crippen molar-refractivity contribution in [2.45, 2.75) is 12.6 Å². The first kappa shape index (κ1) is 11.4. The van der Waals surface area contributed by atoms with E-state index < -0.39 is 12.0 Å². The molecule has 1 fully saturated rings. The van der Waals surface area contributed by atoms with Crippen LogP contribution in [-0.4, -0.2) is 46.5 Å². The third kappa shape index (κ3) is 2.22. The smallest absolute Gasteiger partial charge is 0.328 e. The van der Waals surface area contributed by atoms with Crippen LogP contribution in [0.2, 0.25) is 0 Å². The molecule has 0 saturated carbocycles. The molecule has 0 radical (unpaired) electrons. The van der Waals surface area contributed by atoms with Gasteiger partial charge in [-0.3, -0.25) is 0 Å². The van der Waals surface area contributed by atoms with Gasteiger partial charge in [-0.05, 0) is 5.56 Å². The molecule has 0 bridgehead atoms. The molecule has 1 aromatic rings. The summed E-state index contributed by atoms with van der Waals surface area (Å²) in [7, 11) is 1.61. The van der Waals surface area contributed by atoms with Crippen molar-refractivity contribution in [2.24, 2.45) is 0 Å². The van der Waals surface area contributed by atoms with E-state index in [1.807, 2.05) is 30.3 Å². The van der Waals surface area contributed by atoms with Crippen LogP contribution in [0.3, 0.4) is 0 Å². The number of urea groups is 1. The minimum atomic E-state index is -0.960. The van der Waals surface area contributed by atoms with Crippen LogP contribution in [0.5, 0.6) is 0 Å². The monoisotopic (exact) mass is 234 g/mol. The Hall–Kier alpha value is -2.04. The lowest BCUT2D eigenvalue weighted by atomic mass is 10.2. The van der Waals surface area contributed by atoms with Gasteiger partial charge in [-0.1, -0.05) is 30.3 Å². The van der Waals surface area contributed by atoms with E-state index in [-0.39, 0.29) is 12.6 Å². The molecule has 1 aromatic carbocycles. The Morgan fingerprint density at radius 3 is 2.65 bits per heavy atom. The molecule has 1 N–H and O–H groups in total. The number of carboxylic acids is 1. The average Bonchev–Trinajstić information content (AvgIpc) is 2.59. The minimum absolute atomic E-state index is 0.235. The maximum atomic E-state index is 11.8. The number of hydrogen-bond acceptors (Lipinski definition) is 2. The normalized spacial score (nSPS) is 19.8. The van der Waals surface area contributed by atoms with Gasteiger partial charge in [0.05, 0.1) is 6.54 Å². The molecule has 1 saturated heterocycles. The second-order valence-corrected chi connectivity index (χ2v) is 4.13. The first-order chi connectivity index (χ1) is 8.09. The molecule has 0 aliphatic carbocycles. The Morgan fingerprint density at radius 1 is 1.41 bits per heavy atom. The van der Waals surface area contributed by atoms with Crippen LogP contribution < -0.4 is 0 Å². The van der Waals surface area contributed by atoms with Crippen molar-refractivity contribution in [3.05, 3.63) is 35.9 Å². The number of carboxylic acid groups (broad SMARTS) is 1. The predicted octanol–water partition coefficient (Wildman–Crippen LogP) is 1.01. The van der Waals surface area contributed by atoms with E-state index in [2.05, 4.69) is 0 Å². The summed E-state index contributed by atoms with van der Waals surface area (Å²) in [6.07, 6.45) is 0. The number of amides is 2. The number of carbonyl (C=O) groups is 2. The molecule has 5 nitrogen and oxygen atoms in total. The van der Waals surface area contributed by atoms with Gasteiger partial charge in [0.1, 0.15) is 6.04 Å². The molecule has 90 valence electrons. The zero-order chi connectivity index (χ0) is 12.4. The lowest BCUT2D eigenvalue weighted by Crippen LogP contribution is -2.38. The molecular formula is C12H14N2O3. The van der Waals surface area contributed by atoms with E-state index in [0.717, 1.165) is 5.56 Å². The van der Waals surface area contributed by atoms with Gasteiger partial charge in [0, 0.05) is 13.6 Å². The number of benzene rings is 1. The summed E-state index contributed by atoms with van der Waals surface area (Å²) in [5, 5.41) is 9.08. The molecule has 5 heteroatoms. The van der Waals surface area contributed by atoms with Crippen LogP contribution >= 0.6 is 0 Å². The third-order valence-electron chi connectivity index (χ3n) is 2.88. The number of carbonyl (C=O) groups excluding carboxylic acids is 1.